The third-order valence-corrected chi connectivity index (χ3v) is 2.07. The monoisotopic (exact) mass is 170 g/mol. The number of fused-ring (bicyclic) bond motifs is 1. The minimum Gasteiger partial charge on any atom is -0.493 e. The van der Waals surface area contributed by atoms with Gasteiger partial charge in [-0.2, -0.15) is 0 Å². The highest BCUT2D eigenvalue weighted by molar-refractivity contribution is 5.40. The van der Waals surface area contributed by atoms with Crippen molar-refractivity contribution in [3.8, 4) is 5.75 Å². The molecule has 1 aliphatic heterocycles. The van der Waals surface area contributed by atoms with Crippen molar-refractivity contribution in [2.75, 3.05) is 6.61 Å². The first kappa shape index (κ1) is 7.53. The zero-order chi connectivity index (χ0) is 8.72. The zero-order valence-corrected chi connectivity index (χ0v) is 6.60. The Bertz CT molecular complexity index is 323. The molecule has 0 bridgehead atoms. The average Bonchev–Trinajstić information content (AvgIpc) is 2.41. The van der Waals surface area contributed by atoms with Crippen LogP contribution in [0.5, 0.6) is 5.75 Å². The third kappa shape index (κ3) is 0.891. The lowest BCUT2D eigenvalue weighted by molar-refractivity contribution is 0.337. The molecule has 1 unspecified atom stereocenters. The molecule has 0 aromatic heterocycles. The molecule has 0 fully saturated rings. The van der Waals surface area contributed by atoms with Gasteiger partial charge >= 0.3 is 0 Å². The molecule has 0 spiro atoms. The number of ether oxygens (including phenoxy) is 1. The Morgan fingerprint density at radius 3 is 2.92 bits per heavy atom. The minimum absolute atomic E-state index is 0.0456. The summed E-state index contributed by atoms with van der Waals surface area (Å²) in [5, 5.41) is 0. The van der Waals surface area contributed by atoms with Gasteiger partial charge in [0.15, 0.2) is 11.6 Å². The molecular weight excluding hydrogens is 162 g/mol. The van der Waals surface area contributed by atoms with Crippen molar-refractivity contribution in [3.05, 3.63) is 29.3 Å². The van der Waals surface area contributed by atoms with Crippen molar-refractivity contribution < 1.29 is 13.5 Å². The maximum atomic E-state index is 13.1. The van der Waals surface area contributed by atoms with Crippen LogP contribution in [0.1, 0.15) is 18.4 Å². The molecule has 12 heavy (non-hydrogen) atoms. The molecule has 1 atom stereocenters. The van der Waals surface area contributed by atoms with Gasteiger partial charge in [0.1, 0.15) is 5.75 Å². The Balaban J connectivity index is 2.63. The van der Waals surface area contributed by atoms with E-state index in [0.29, 0.717) is 17.9 Å². The fourth-order valence-electron chi connectivity index (χ4n) is 1.43. The van der Waals surface area contributed by atoms with Gasteiger partial charge in [0.25, 0.3) is 0 Å². The lowest BCUT2D eigenvalue weighted by Gasteiger charge is -2.02. The van der Waals surface area contributed by atoms with Crippen molar-refractivity contribution >= 4 is 0 Å². The Labute approximate surface area is 69.0 Å². The number of benzene rings is 1. The third-order valence-electron chi connectivity index (χ3n) is 2.07. The van der Waals surface area contributed by atoms with Gasteiger partial charge in [-0.05, 0) is 12.1 Å². The standard InChI is InChI=1S/C9H8F2O/c1-5-4-12-7-3-2-6(10)9(11)8(5)7/h2-3,5H,4H2,1H3. The molecule has 1 aromatic carbocycles. The normalized spacial score (nSPS) is 20.4. The molecule has 1 aliphatic rings. The quantitative estimate of drug-likeness (QED) is 0.581. The first-order valence-electron chi connectivity index (χ1n) is 3.81. The highest BCUT2D eigenvalue weighted by Crippen LogP contribution is 2.36. The van der Waals surface area contributed by atoms with E-state index in [2.05, 4.69) is 0 Å². The summed E-state index contributed by atoms with van der Waals surface area (Å²) in [7, 11) is 0. The summed E-state index contributed by atoms with van der Waals surface area (Å²) in [5.74, 6) is -1.14. The lowest BCUT2D eigenvalue weighted by atomic mass is 10.0. The SMILES string of the molecule is CC1COc2ccc(F)c(F)c21. The van der Waals surface area contributed by atoms with E-state index in [0.717, 1.165) is 6.07 Å². The maximum absolute atomic E-state index is 13.1. The molecule has 3 heteroatoms. The van der Waals surface area contributed by atoms with Crippen LogP contribution in [0.2, 0.25) is 0 Å². The predicted octanol–water partition coefficient (Wildman–Crippen LogP) is 2.46. The summed E-state index contributed by atoms with van der Waals surface area (Å²) in [6.45, 7) is 2.25. The summed E-state index contributed by atoms with van der Waals surface area (Å²) in [4.78, 5) is 0. The van der Waals surface area contributed by atoms with E-state index < -0.39 is 11.6 Å². The van der Waals surface area contributed by atoms with Crippen LogP contribution < -0.4 is 4.74 Å². The Morgan fingerprint density at radius 2 is 2.17 bits per heavy atom. The van der Waals surface area contributed by atoms with E-state index in [4.69, 9.17) is 4.74 Å². The van der Waals surface area contributed by atoms with Gasteiger partial charge in [-0.1, -0.05) is 6.92 Å². The van der Waals surface area contributed by atoms with Crippen molar-refractivity contribution in [1.82, 2.24) is 0 Å². The van der Waals surface area contributed by atoms with Gasteiger partial charge in [0.2, 0.25) is 0 Å². The molecule has 0 N–H and O–H groups in total. The van der Waals surface area contributed by atoms with Crippen molar-refractivity contribution in [3.63, 3.8) is 0 Å². The van der Waals surface area contributed by atoms with Gasteiger partial charge in [0, 0.05) is 11.5 Å². The van der Waals surface area contributed by atoms with E-state index in [1.807, 2.05) is 6.92 Å². The van der Waals surface area contributed by atoms with Gasteiger partial charge in [0.05, 0.1) is 6.61 Å². The molecule has 0 radical (unpaired) electrons. The Morgan fingerprint density at radius 1 is 1.42 bits per heavy atom. The van der Waals surface area contributed by atoms with Gasteiger partial charge in [-0.25, -0.2) is 8.78 Å². The molecule has 0 saturated heterocycles. The summed E-state index contributed by atoms with van der Waals surface area (Å²) >= 11 is 0. The van der Waals surface area contributed by atoms with Crippen LogP contribution in [-0.2, 0) is 0 Å². The topological polar surface area (TPSA) is 9.23 Å². The van der Waals surface area contributed by atoms with E-state index in [9.17, 15) is 8.78 Å². The molecule has 2 rings (SSSR count). The highest BCUT2D eigenvalue weighted by atomic mass is 19.2. The molecule has 0 saturated carbocycles. The van der Waals surface area contributed by atoms with Crippen LogP contribution in [0.3, 0.4) is 0 Å². The smallest absolute Gasteiger partial charge is 0.166 e. The molecule has 1 nitrogen and oxygen atoms in total. The van der Waals surface area contributed by atoms with Crippen molar-refractivity contribution in [2.45, 2.75) is 12.8 Å². The Hall–Kier alpha value is -1.12. The van der Waals surface area contributed by atoms with Gasteiger partial charge in [-0.15, -0.1) is 0 Å². The van der Waals surface area contributed by atoms with E-state index in [1.54, 1.807) is 0 Å². The summed E-state index contributed by atoms with van der Waals surface area (Å²) in [5.41, 5.74) is 0.370. The van der Waals surface area contributed by atoms with Crippen LogP contribution in [0.25, 0.3) is 0 Å². The second-order valence-corrected chi connectivity index (χ2v) is 2.99. The van der Waals surface area contributed by atoms with E-state index in [-0.39, 0.29) is 5.92 Å². The average molecular weight is 170 g/mol. The van der Waals surface area contributed by atoms with Crippen LogP contribution >= 0.6 is 0 Å². The predicted molar refractivity (Wildman–Crippen MR) is 40.3 cm³/mol. The molecular formula is C9H8F2O. The zero-order valence-electron chi connectivity index (χ0n) is 6.60. The van der Waals surface area contributed by atoms with Crippen LogP contribution in [0.4, 0.5) is 8.78 Å². The number of rotatable bonds is 0. The number of hydrogen-bond acceptors (Lipinski definition) is 1. The second kappa shape index (κ2) is 2.44. The Kier molecular flexibility index (Phi) is 1.53. The number of hydrogen-bond donors (Lipinski definition) is 0. The molecule has 0 amide bonds. The summed E-state index contributed by atoms with van der Waals surface area (Å²) in [6, 6.07) is 2.56. The minimum atomic E-state index is -0.800. The fraction of sp³-hybridized carbons (Fsp3) is 0.333. The fourth-order valence-corrected chi connectivity index (χ4v) is 1.43. The first-order chi connectivity index (χ1) is 5.70. The highest BCUT2D eigenvalue weighted by Gasteiger charge is 2.25. The van der Waals surface area contributed by atoms with Crippen molar-refractivity contribution in [2.24, 2.45) is 0 Å². The van der Waals surface area contributed by atoms with E-state index >= 15 is 0 Å². The second-order valence-electron chi connectivity index (χ2n) is 2.99. The van der Waals surface area contributed by atoms with Crippen molar-refractivity contribution in [1.29, 1.82) is 0 Å². The molecule has 0 aliphatic carbocycles. The number of halogens is 2. The molecule has 64 valence electrons. The first-order valence-corrected chi connectivity index (χ1v) is 3.81. The summed E-state index contributed by atoms with van der Waals surface area (Å²) in [6.07, 6.45) is 0. The lowest BCUT2D eigenvalue weighted by Crippen LogP contribution is -1.96. The van der Waals surface area contributed by atoms with Crippen LogP contribution in [0.15, 0.2) is 12.1 Å². The largest absolute Gasteiger partial charge is 0.493 e. The van der Waals surface area contributed by atoms with Gasteiger partial charge < -0.3 is 4.74 Å². The maximum Gasteiger partial charge on any atom is 0.166 e. The van der Waals surface area contributed by atoms with E-state index in [1.165, 1.54) is 6.07 Å². The van der Waals surface area contributed by atoms with Gasteiger partial charge in [-0.3, -0.25) is 0 Å². The molecule has 1 heterocycles. The molecule has 1 aromatic rings. The van der Waals surface area contributed by atoms with Crippen LogP contribution in [-0.4, -0.2) is 6.61 Å². The van der Waals surface area contributed by atoms with Crippen LogP contribution in [0, 0.1) is 11.6 Å². The summed E-state index contributed by atoms with van der Waals surface area (Å²) < 4.78 is 31.0.